The van der Waals surface area contributed by atoms with Gasteiger partial charge in [0.2, 0.25) is 5.88 Å². The predicted octanol–water partition coefficient (Wildman–Crippen LogP) is 1.94. The quantitative estimate of drug-likeness (QED) is 0.240. The van der Waals surface area contributed by atoms with Crippen LogP contribution in [0.5, 0.6) is 11.6 Å². The fraction of sp³-hybridized carbons (Fsp3) is 0.333. The fourth-order valence-electron chi connectivity index (χ4n) is 4.18. The first-order valence-electron chi connectivity index (χ1n) is 11.5. The van der Waals surface area contributed by atoms with Crippen LogP contribution in [0.25, 0.3) is 10.9 Å². The molecule has 0 spiro atoms. The van der Waals surface area contributed by atoms with Crippen LogP contribution in [0.3, 0.4) is 0 Å². The summed E-state index contributed by atoms with van der Waals surface area (Å²) in [6.07, 6.45) is 2.65. The van der Waals surface area contributed by atoms with Gasteiger partial charge in [-0.25, -0.2) is 9.55 Å². The number of aromatic nitrogens is 2. The number of nitrogens with zero attached hydrogens (tertiary/aromatic N) is 4. The number of hydrogen-bond donors (Lipinski definition) is 1. The molecule has 0 bridgehead atoms. The average Bonchev–Trinajstić information content (AvgIpc) is 3.35. The lowest BCUT2D eigenvalue weighted by Crippen LogP contribution is -2.52. The predicted molar refractivity (Wildman–Crippen MR) is 134 cm³/mol. The Kier molecular flexibility index (Phi) is 8.12. The van der Waals surface area contributed by atoms with Crippen molar-refractivity contribution in [3.05, 3.63) is 53.9 Å². The molecule has 2 aromatic heterocycles. The lowest BCUT2D eigenvalue weighted by molar-refractivity contribution is -0.127. The summed E-state index contributed by atoms with van der Waals surface area (Å²) in [4.78, 5) is 56.3. The summed E-state index contributed by atoms with van der Waals surface area (Å²) in [5, 5.41) is 0.226. The standard InChI is InChI=1S/C24H27N4O9P/c1-34-18-13-25-22(35-2)20-19(18)17(14-28(20)15-37-38(32,33)36-3)21(29)24(31)27-11-9-26(10-12-27)23(30)16-7-5-4-6-8-16/h4-8,13-14H,9-12,15H2,1-3H3,(H,32,33). The van der Waals surface area contributed by atoms with E-state index in [0.717, 1.165) is 7.11 Å². The van der Waals surface area contributed by atoms with Crippen molar-refractivity contribution in [2.24, 2.45) is 0 Å². The number of phosphoric acid groups is 1. The van der Waals surface area contributed by atoms with Gasteiger partial charge in [-0.3, -0.25) is 23.4 Å². The molecule has 202 valence electrons. The van der Waals surface area contributed by atoms with Gasteiger partial charge in [-0.05, 0) is 12.1 Å². The van der Waals surface area contributed by atoms with Crippen molar-refractivity contribution in [3.8, 4) is 11.6 Å². The van der Waals surface area contributed by atoms with Gasteiger partial charge in [-0.2, -0.15) is 0 Å². The van der Waals surface area contributed by atoms with Gasteiger partial charge in [0.15, 0.2) is 0 Å². The number of phosphoric ester groups is 1. The van der Waals surface area contributed by atoms with Crippen molar-refractivity contribution in [1.29, 1.82) is 0 Å². The highest BCUT2D eigenvalue weighted by Crippen LogP contribution is 2.43. The monoisotopic (exact) mass is 546 g/mol. The van der Waals surface area contributed by atoms with Crippen LogP contribution in [0.2, 0.25) is 0 Å². The number of rotatable bonds is 9. The molecule has 1 fully saturated rings. The lowest BCUT2D eigenvalue weighted by atomic mass is 10.1. The van der Waals surface area contributed by atoms with Gasteiger partial charge in [-0.1, -0.05) is 18.2 Å². The molecular weight excluding hydrogens is 519 g/mol. The molecule has 1 aromatic carbocycles. The largest absolute Gasteiger partial charge is 0.494 e. The fourth-order valence-corrected chi connectivity index (χ4v) is 4.55. The molecule has 1 unspecified atom stereocenters. The van der Waals surface area contributed by atoms with E-state index < -0.39 is 26.2 Å². The minimum Gasteiger partial charge on any atom is -0.494 e. The maximum Gasteiger partial charge on any atom is 0.473 e. The third-order valence-corrected chi connectivity index (χ3v) is 7.05. The highest BCUT2D eigenvalue weighted by atomic mass is 31.2. The Labute approximate surface area is 218 Å². The molecule has 2 amide bonds. The SMILES string of the molecule is COc1cnc(OC)c2c1c(C(=O)C(=O)N1CCN(C(=O)c3ccccc3)CC1)cn2COP(=O)(O)OC. The van der Waals surface area contributed by atoms with Gasteiger partial charge in [-0.15, -0.1) is 0 Å². The van der Waals surface area contributed by atoms with E-state index in [9.17, 15) is 23.8 Å². The highest BCUT2D eigenvalue weighted by molar-refractivity contribution is 7.47. The molecule has 1 N–H and O–H groups in total. The number of piperazine rings is 1. The van der Waals surface area contributed by atoms with E-state index in [1.165, 1.54) is 36.1 Å². The summed E-state index contributed by atoms with van der Waals surface area (Å²) in [5.74, 6) is -1.47. The first-order valence-corrected chi connectivity index (χ1v) is 13.0. The van der Waals surface area contributed by atoms with Crippen molar-refractivity contribution < 1.29 is 42.4 Å². The van der Waals surface area contributed by atoms with Crippen molar-refractivity contribution in [3.63, 3.8) is 0 Å². The summed E-state index contributed by atoms with van der Waals surface area (Å²) >= 11 is 0. The molecule has 38 heavy (non-hydrogen) atoms. The van der Waals surface area contributed by atoms with E-state index in [1.54, 1.807) is 29.2 Å². The first-order chi connectivity index (χ1) is 18.2. The third-order valence-electron chi connectivity index (χ3n) is 6.14. The number of ketones is 1. The minimum absolute atomic E-state index is 0.0286. The Bertz CT molecular complexity index is 1400. The Balaban J connectivity index is 1.60. The van der Waals surface area contributed by atoms with E-state index in [1.807, 2.05) is 6.07 Å². The van der Waals surface area contributed by atoms with Gasteiger partial charge < -0.3 is 28.7 Å². The maximum atomic E-state index is 13.5. The van der Waals surface area contributed by atoms with Gasteiger partial charge in [0, 0.05) is 45.0 Å². The van der Waals surface area contributed by atoms with Crippen LogP contribution in [-0.2, 0) is 25.1 Å². The topological polar surface area (TPSA) is 150 Å². The van der Waals surface area contributed by atoms with E-state index in [2.05, 4.69) is 9.51 Å². The van der Waals surface area contributed by atoms with Gasteiger partial charge in [0.05, 0.1) is 31.4 Å². The molecular formula is C24H27N4O9P. The molecule has 0 aliphatic carbocycles. The summed E-state index contributed by atoms with van der Waals surface area (Å²) < 4.78 is 33.3. The zero-order valence-electron chi connectivity index (χ0n) is 21.0. The van der Waals surface area contributed by atoms with Gasteiger partial charge >= 0.3 is 7.82 Å². The van der Waals surface area contributed by atoms with Crippen molar-refractivity contribution >= 4 is 36.3 Å². The van der Waals surface area contributed by atoms with Crippen LogP contribution in [0.1, 0.15) is 20.7 Å². The van der Waals surface area contributed by atoms with Crippen LogP contribution in [0, 0.1) is 0 Å². The molecule has 1 atom stereocenters. The van der Waals surface area contributed by atoms with E-state index in [0.29, 0.717) is 5.56 Å². The summed E-state index contributed by atoms with van der Waals surface area (Å²) in [5.41, 5.74) is 0.741. The molecule has 1 aliphatic rings. The number of carbonyl (C=O) groups is 3. The second-order valence-electron chi connectivity index (χ2n) is 8.26. The number of Topliss-reactive ketones (excluding diaryl/α,β-unsaturated/α-hetero) is 1. The minimum atomic E-state index is -4.36. The Morgan fingerprint density at radius 1 is 1.00 bits per heavy atom. The average molecular weight is 546 g/mol. The Hall–Kier alpha value is -3.77. The zero-order valence-corrected chi connectivity index (χ0v) is 21.9. The zero-order chi connectivity index (χ0) is 27.4. The lowest BCUT2D eigenvalue weighted by Gasteiger charge is -2.34. The second kappa shape index (κ2) is 11.3. The number of carbonyl (C=O) groups excluding carboxylic acids is 3. The number of fused-ring (bicyclic) bond motifs is 1. The third kappa shape index (κ3) is 5.41. The molecule has 3 heterocycles. The first kappa shape index (κ1) is 27.3. The Morgan fingerprint density at radius 2 is 1.66 bits per heavy atom. The summed E-state index contributed by atoms with van der Waals surface area (Å²) in [6, 6.07) is 8.83. The van der Waals surface area contributed by atoms with Crippen molar-refractivity contribution in [2.75, 3.05) is 47.5 Å². The smallest absolute Gasteiger partial charge is 0.473 e. The summed E-state index contributed by atoms with van der Waals surface area (Å²) in [7, 11) is -0.602. The van der Waals surface area contributed by atoms with Gasteiger partial charge in [0.25, 0.3) is 17.6 Å². The van der Waals surface area contributed by atoms with Crippen LogP contribution >= 0.6 is 7.82 Å². The molecule has 14 heteroatoms. The Morgan fingerprint density at radius 3 is 2.26 bits per heavy atom. The number of pyridine rings is 1. The second-order valence-corrected chi connectivity index (χ2v) is 9.82. The van der Waals surface area contributed by atoms with Crippen LogP contribution in [0.4, 0.5) is 0 Å². The van der Waals surface area contributed by atoms with Crippen molar-refractivity contribution in [1.82, 2.24) is 19.4 Å². The molecule has 4 rings (SSSR count). The maximum absolute atomic E-state index is 13.5. The molecule has 0 radical (unpaired) electrons. The number of benzene rings is 1. The number of methoxy groups -OCH3 is 2. The normalized spacial score (nSPS) is 15.3. The van der Waals surface area contributed by atoms with E-state index >= 15 is 0 Å². The molecule has 0 saturated carbocycles. The van der Waals surface area contributed by atoms with Crippen LogP contribution in [0.15, 0.2) is 42.7 Å². The van der Waals surface area contributed by atoms with Gasteiger partial charge in [0.1, 0.15) is 18.0 Å². The molecule has 3 aromatic rings. The van der Waals surface area contributed by atoms with Crippen LogP contribution < -0.4 is 9.47 Å². The van der Waals surface area contributed by atoms with Crippen LogP contribution in [-0.4, -0.2) is 89.4 Å². The van der Waals surface area contributed by atoms with Crippen molar-refractivity contribution in [2.45, 2.75) is 6.73 Å². The van der Waals surface area contributed by atoms with E-state index in [4.69, 9.17) is 14.0 Å². The molecule has 1 saturated heterocycles. The number of amides is 2. The number of hydrogen-bond acceptors (Lipinski definition) is 9. The van der Waals surface area contributed by atoms with E-state index in [-0.39, 0.29) is 60.2 Å². The number of ether oxygens (including phenoxy) is 2. The summed E-state index contributed by atoms with van der Waals surface area (Å²) in [6.45, 7) is 0.381. The highest BCUT2D eigenvalue weighted by Gasteiger charge is 2.32. The molecule has 13 nitrogen and oxygen atoms in total. The molecule has 1 aliphatic heterocycles.